The standard InChI is InChI=1S/C14H18ClN5O/c1-2-12-9(6-7-21-12)8-20-14(17-18-19-20)10-4-3-5-11(15)13(10)16/h3-5,9,12H,2,6-8,16H2,1H3. The van der Waals surface area contributed by atoms with E-state index in [1.165, 1.54) is 0 Å². The van der Waals surface area contributed by atoms with Crippen LogP contribution in [0.2, 0.25) is 5.02 Å². The first kappa shape index (κ1) is 14.3. The first-order chi connectivity index (χ1) is 10.2. The lowest BCUT2D eigenvalue weighted by Crippen LogP contribution is -2.21. The molecule has 2 heterocycles. The minimum atomic E-state index is 0.277. The van der Waals surface area contributed by atoms with Gasteiger partial charge < -0.3 is 10.5 Å². The molecule has 1 aromatic carbocycles. The molecule has 1 aliphatic heterocycles. The van der Waals surface area contributed by atoms with E-state index < -0.39 is 0 Å². The first-order valence-electron chi connectivity index (χ1n) is 7.12. The topological polar surface area (TPSA) is 78.8 Å². The maximum atomic E-state index is 6.08. The highest BCUT2D eigenvalue weighted by molar-refractivity contribution is 6.33. The third-order valence-corrected chi connectivity index (χ3v) is 4.31. The smallest absolute Gasteiger partial charge is 0.184 e. The normalized spacial score (nSPS) is 21.8. The van der Waals surface area contributed by atoms with Crippen LogP contribution in [0.5, 0.6) is 0 Å². The molecule has 0 spiro atoms. The fraction of sp³-hybridized carbons (Fsp3) is 0.500. The Morgan fingerprint density at radius 2 is 2.33 bits per heavy atom. The number of ether oxygens (including phenoxy) is 1. The number of hydrogen-bond donors (Lipinski definition) is 1. The first-order valence-corrected chi connectivity index (χ1v) is 7.50. The number of anilines is 1. The number of nitrogens with two attached hydrogens (primary N) is 1. The Kier molecular flexibility index (Phi) is 4.07. The maximum absolute atomic E-state index is 6.08. The number of halogens is 1. The van der Waals surface area contributed by atoms with Crippen LogP contribution in [0.3, 0.4) is 0 Å². The van der Waals surface area contributed by atoms with E-state index >= 15 is 0 Å². The molecule has 6 nitrogen and oxygen atoms in total. The van der Waals surface area contributed by atoms with E-state index in [9.17, 15) is 0 Å². The molecule has 0 radical (unpaired) electrons. The van der Waals surface area contributed by atoms with Crippen LogP contribution in [0.15, 0.2) is 18.2 Å². The molecule has 2 N–H and O–H groups in total. The minimum absolute atomic E-state index is 0.277. The van der Waals surface area contributed by atoms with Gasteiger partial charge in [-0.15, -0.1) is 5.10 Å². The summed E-state index contributed by atoms with van der Waals surface area (Å²) in [7, 11) is 0. The van der Waals surface area contributed by atoms with Crippen LogP contribution in [-0.2, 0) is 11.3 Å². The zero-order valence-electron chi connectivity index (χ0n) is 11.9. The molecular formula is C14H18ClN5O. The SMILES string of the molecule is CCC1OCCC1Cn1nnnc1-c1cccc(Cl)c1N. The van der Waals surface area contributed by atoms with Crippen molar-refractivity contribution in [3.8, 4) is 11.4 Å². The van der Waals surface area contributed by atoms with Crippen LogP contribution in [0.1, 0.15) is 19.8 Å². The van der Waals surface area contributed by atoms with Gasteiger partial charge in [0.05, 0.1) is 23.4 Å². The number of benzene rings is 1. The molecule has 1 aromatic heterocycles. The lowest BCUT2D eigenvalue weighted by atomic mass is 9.99. The van der Waals surface area contributed by atoms with E-state index in [1.807, 2.05) is 12.1 Å². The van der Waals surface area contributed by atoms with Crippen molar-refractivity contribution in [2.24, 2.45) is 5.92 Å². The molecule has 7 heteroatoms. The summed E-state index contributed by atoms with van der Waals surface area (Å²) in [5, 5.41) is 12.5. The Balaban J connectivity index is 1.89. The van der Waals surface area contributed by atoms with Gasteiger partial charge in [-0.25, -0.2) is 4.68 Å². The lowest BCUT2D eigenvalue weighted by molar-refractivity contribution is 0.0825. The molecule has 1 fully saturated rings. The fourth-order valence-electron chi connectivity index (χ4n) is 2.83. The van der Waals surface area contributed by atoms with Crippen LogP contribution in [0.4, 0.5) is 5.69 Å². The summed E-state index contributed by atoms with van der Waals surface area (Å²) >= 11 is 6.08. The molecule has 0 aliphatic carbocycles. The summed E-state index contributed by atoms with van der Waals surface area (Å²) < 4.78 is 7.52. The predicted molar refractivity (Wildman–Crippen MR) is 80.8 cm³/mol. The van der Waals surface area contributed by atoms with Gasteiger partial charge in [-0.2, -0.15) is 0 Å². The average Bonchev–Trinajstić information content (AvgIpc) is 3.11. The Hall–Kier alpha value is -1.66. The van der Waals surface area contributed by atoms with Crippen molar-refractivity contribution in [3.63, 3.8) is 0 Å². The Morgan fingerprint density at radius 1 is 1.48 bits per heavy atom. The van der Waals surface area contributed by atoms with E-state index in [0.717, 1.165) is 31.6 Å². The van der Waals surface area contributed by atoms with Crippen LogP contribution in [-0.4, -0.2) is 32.9 Å². The monoisotopic (exact) mass is 307 g/mol. The number of aromatic nitrogens is 4. The van der Waals surface area contributed by atoms with E-state index in [1.54, 1.807) is 10.7 Å². The summed E-state index contributed by atoms with van der Waals surface area (Å²) in [6.45, 7) is 3.67. The van der Waals surface area contributed by atoms with Gasteiger partial charge in [0.25, 0.3) is 0 Å². The highest BCUT2D eigenvalue weighted by Crippen LogP contribution is 2.31. The predicted octanol–water partition coefficient (Wildman–Crippen LogP) is 2.39. The molecular weight excluding hydrogens is 290 g/mol. The van der Waals surface area contributed by atoms with Crippen molar-refractivity contribution in [1.82, 2.24) is 20.2 Å². The van der Waals surface area contributed by atoms with Gasteiger partial charge in [0, 0.05) is 18.1 Å². The quantitative estimate of drug-likeness (QED) is 0.877. The molecule has 0 saturated carbocycles. The summed E-state index contributed by atoms with van der Waals surface area (Å²) in [6.07, 6.45) is 2.31. The van der Waals surface area contributed by atoms with Crippen molar-refractivity contribution in [2.75, 3.05) is 12.3 Å². The van der Waals surface area contributed by atoms with Crippen LogP contribution in [0.25, 0.3) is 11.4 Å². The van der Waals surface area contributed by atoms with Crippen molar-refractivity contribution in [1.29, 1.82) is 0 Å². The molecule has 0 bridgehead atoms. The Bertz CT molecular complexity index is 630. The van der Waals surface area contributed by atoms with E-state index in [-0.39, 0.29) is 6.10 Å². The third kappa shape index (κ3) is 2.73. The largest absolute Gasteiger partial charge is 0.397 e. The van der Waals surface area contributed by atoms with Gasteiger partial charge in [-0.1, -0.05) is 24.6 Å². The molecule has 2 atom stereocenters. The van der Waals surface area contributed by atoms with Gasteiger partial charge in [0.2, 0.25) is 0 Å². The second kappa shape index (κ2) is 5.99. The summed E-state index contributed by atoms with van der Waals surface area (Å²) in [6, 6.07) is 5.49. The second-order valence-corrected chi connectivity index (χ2v) is 5.66. The molecule has 2 unspecified atom stereocenters. The summed E-state index contributed by atoms with van der Waals surface area (Å²) in [5.74, 6) is 1.08. The number of para-hydroxylation sites is 1. The van der Waals surface area contributed by atoms with Crippen molar-refractivity contribution in [3.05, 3.63) is 23.2 Å². The molecule has 21 heavy (non-hydrogen) atoms. The highest BCUT2D eigenvalue weighted by atomic mass is 35.5. The molecule has 2 aromatic rings. The van der Waals surface area contributed by atoms with E-state index in [4.69, 9.17) is 22.1 Å². The minimum Gasteiger partial charge on any atom is -0.397 e. The van der Waals surface area contributed by atoms with Gasteiger partial charge in [0.1, 0.15) is 0 Å². The number of rotatable bonds is 4. The van der Waals surface area contributed by atoms with Crippen LogP contribution in [0, 0.1) is 5.92 Å². The number of tetrazole rings is 1. The number of nitrogens with zero attached hydrogens (tertiary/aromatic N) is 4. The lowest BCUT2D eigenvalue weighted by Gasteiger charge is -2.17. The van der Waals surface area contributed by atoms with Crippen LogP contribution < -0.4 is 5.73 Å². The van der Waals surface area contributed by atoms with Gasteiger partial charge in [0.15, 0.2) is 5.82 Å². The molecule has 1 saturated heterocycles. The third-order valence-electron chi connectivity index (χ3n) is 3.98. The van der Waals surface area contributed by atoms with Crippen molar-refractivity contribution < 1.29 is 4.74 Å². The second-order valence-electron chi connectivity index (χ2n) is 5.25. The van der Waals surface area contributed by atoms with Gasteiger partial charge in [-0.3, -0.25) is 0 Å². The fourth-order valence-corrected chi connectivity index (χ4v) is 3.00. The average molecular weight is 308 g/mol. The van der Waals surface area contributed by atoms with E-state index in [2.05, 4.69) is 22.4 Å². The summed E-state index contributed by atoms with van der Waals surface area (Å²) in [4.78, 5) is 0. The molecule has 1 aliphatic rings. The molecule has 0 amide bonds. The van der Waals surface area contributed by atoms with E-state index in [0.29, 0.717) is 22.5 Å². The zero-order valence-corrected chi connectivity index (χ0v) is 12.6. The van der Waals surface area contributed by atoms with Gasteiger partial charge in [-0.05, 0) is 35.4 Å². The van der Waals surface area contributed by atoms with Crippen LogP contribution >= 0.6 is 11.6 Å². The summed E-state index contributed by atoms with van der Waals surface area (Å²) in [5.41, 5.74) is 7.31. The Morgan fingerprint density at radius 3 is 3.14 bits per heavy atom. The zero-order chi connectivity index (χ0) is 14.8. The molecule has 112 valence electrons. The van der Waals surface area contributed by atoms with Crippen molar-refractivity contribution in [2.45, 2.75) is 32.4 Å². The van der Waals surface area contributed by atoms with Gasteiger partial charge >= 0.3 is 0 Å². The number of hydrogen-bond acceptors (Lipinski definition) is 5. The maximum Gasteiger partial charge on any atom is 0.184 e. The number of nitrogen functional groups attached to an aromatic ring is 1. The molecule has 3 rings (SSSR count). The Labute approximate surface area is 128 Å². The van der Waals surface area contributed by atoms with Crippen molar-refractivity contribution >= 4 is 17.3 Å². The highest BCUT2D eigenvalue weighted by Gasteiger charge is 2.28.